The molecule has 0 bridgehead atoms. The topological polar surface area (TPSA) is 75.6 Å². The summed E-state index contributed by atoms with van der Waals surface area (Å²) in [6.07, 6.45) is 1.48. The van der Waals surface area contributed by atoms with Crippen LogP contribution in [0.4, 0.5) is 0 Å². The van der Waals surface area contributed by atoms with Gasteiger partial charge >= 0.3 is 5.97 Å². The van der Waals surface area contributed by atoms with Gasteiger partial charge in [0.25, 0.3) is 5.91 Å². The predicted octanol–water partition coefficient (Wildman–Crippen LogP) is 1.91. The molecule has 0 aliphatic carbocycles. The Morgan fingerprint density at radius 3 is 2.70 bits per heavy atom. The van der Waals surface area contributed by atoms with Gasteiger partial charge in [-0.1, -0.05) is 0 Å². The molecule has 5 nitrogen and oxygen atoms in total. The lowest BCUT2D eigenvalue weighted by atomic mass is 9.86. The molecule has 1 aromatic heterocycles. The molecule has 2 heterocycles. The fraction of sp³-hybridized carbons (Fsp3) is 0.571. The van der Waals surface area contributed by atoms with Gasteiger partial charge in [0.1, 0.15) is 0 Å². The van der Waals surface area contributed by atoms with E-state index in [0.717, 1.165) is 17.7 Å². The van der Waals surface area contributed by atoms with E-state index < -0.39 is 11.9 Å². The summed E-state index contributed by atoms with van der Waals surface area (Å²) in [5.41, 5.74) is 0. The highest BCUT2D eigenvalue weighted by Crippen LogP contribution is 2.24. The van der Waals surface area contributed by atoms with E-state index >= 15 is 0 Å². The van der Waals surface area contributed by atoms with Crippen LogP contribution in [0.3, 0.4) is 0 Å². The van der Waals surface area contributed by atoms with Gasteiger partial charge in [0.2, 0.25) is 0 Å². The van der Waals surface area contributed by atoms with Gasteiger partial charge in [-0.25, -0.2) is 0 Å². The van der Waals surface area contributed by atoms with Crippen molar-refractivity contribution in [2.24, 2.45) is 11.8 Å². The monoisotopic (exact) mass is 297 g/mol. The van der Waals surface area contributed by atoms with Crippen molar-refractivity contribution < 1.29 is 19.4 Å². The van der Waals surface area contributed by atoms with Crippen LogP contribution in [0.2, 0.25) is 0 Å². The van der Waals surface area contributed by atoms with E-state index in [2.05, 4.69) is 5.32 Å². The fourth-order valence-corrected chi connectivity index (χ4v) is 3.20. The second-order valence-electron chi connectivity index (χ2n) is 5.01. The second kappa shape index (κ2) is 6.85. The summed E-state index contributed by atoms with van der Waals surface area (Å²) < 4.78 is 5.25. The summed E-state index contributed by atoms with van der Waals surface area (Å²) in [6, 6.07) is 3.65. The second-order valence-corrected chi connectivity index (χ2v) is 6.30. The van der Waals surface area contributed by atoms with E-state index in [0.29, 0.717) is 18.1 Å². The summed E-state index contributed by atoms with van der Waals surface area (Å²) in [4.78, 5) is 25.0. The average molecular weight is 297 g/mol. The molecule has 1 saturated heterocycles. The third-order valence-corrected chi connectivity index (χ3v) is 4.60. The van der Waals surface area contributed by atoms with E-state index in [1.165, 1.54) is 11.3 Å². The predicted molar refractivity (Wildman–Crippen MR) is 76.1 cm³/mol. The molecule has 1 unspecified atom stereocenters. The lowest BCUT2D eigenvalue weighted by molar-refractivity contribution is -0.144. The molecule has 20 heavy (non-hydrogen) atoms. The molecule has 1 aromatic rings. The minimum atomic E-state index is -0.848. The molecular weight excluding hydrogens is 278 g/mol. The molecular formula is C14H19NO4S. The maximum Gasteiger partial charge on any atom is 0.308 e. The first-order valence-corrected chi connectivity index (χ1v) is 7.54. The lowest BCUT2D eigenvalue weighted by Crippen LogP contribution is -2.38. The number of amides is 1. The molecule has 2 rings (SSSR count). The summed E-state index contributed by atoms with van der Waals surface area (Å²) in [7, 11) is 0. The van der Waals surface area contributed by atoms with Crippen LogP contribution >= 0.6 is 11.3 Å². The number of carboxylic acid groups (broad SMARTS) is 1. The first kappa shape index (κ1) is 15.0. The molecule has 2 N–H and O–H groups in total. The number of hydrogen-bond acceptors (Lipinski definition) is 4. The Morgan fingerprint density at radius 2 is 2.15 bits per heavy atom. The standard InChI is InChI=1S/C14H19NO4S/c1-9-2-3-12(20-9)13(16)15-8-11(14(17)18)10-4-6-19-7-5-10/h2-3,10-11H,4-8H2,1H3,(H,15,16)(H,17,18). The highest BCUT2D eigenvalue weighted by atomic mass is 32.1. The molecule has 1 amide bonds. The number of rotatable bonds is 5. The van der Waals surface area contributed by atoms with Gasteiger partial charge in [-0.15, -0.1) is 11.3 Å². The Kier molecular flexibility index (Phi) is 5.14. The van der Waals surface area contributed by atoms with Crippen LogP contribution in [0.15, 0.2) is 12.1 Å². The first-order chi connectivity index (χ1) is 9.58. The molecule has 6 heteroatoms. The van der Waals surface area contributed by atoms with Crippen LogP contribution in [0.5, 0.6) is 0 Å². The zero-order valence-corrected chi connectivity index (χ0v) is 12.2. The van der Waals surface area contributed by atoms with Crippen LogP contribution in [-0.2, 0) is 9.53 Å². The normalized spacial score (nSPS) is 17.6. The Hall–Kier alpha value is -1.40. The van der Waals surface area contributed by atoms with Crippen LogP contribution in [0, 0.1) is 18.8 Å². The van der Waals surface area contributed by atoms with Crippen molar-refractivity contribution >= 4 is 23.2 Å². The minimum Gasteiger partial charge on any atom is -0.481 e. The fourth-order valence-electron chi connectivity index (χ4n) is 2.42. The van der Waals surface area contributed by atoms with Gasteiger partial charge in [0.15, 0.2) is 0 Å². The number of nitrogens with one attached hydrogen (secondary N) is 1. The number of aryl methyl sites for hydroxylation is 1. The summed E-state index contributed by atoms with van der Waals surface area (Å²) in [5, 5.41) is 12.1. The van der Waals surface area contributed by atoms with Gasteiger partial charge < -0.3 is 15.2 Å². The first-order valence-electron chi connectivity index (χ1n) is 6.73. The molecule has 0 saturated carbocycles. The van der Waals surface area contributed by atoms with Gasteiger partial charge in [-0.3, -0.25) is 9.59 Å². The van der Waals surface area contributed by atoms with E-state index in [-0.39, 0.29) is 18.4 Å². The highest BCUT2D eigenvalue weighted by molar-refractivity contribution is 7.13. The minimum absolute atomic E-state index is 0.0756. The summed E-state index contributed by atoms with van der Waals surface area (Å²) >= 11 is 1.41. The molecule has 110 valence electrons. The van der Waals surface area contributed by atoms with Crippen molar-refractivity contribution in [1.29, 1.82) is 0 Å². The average Bonchev–Trinajstić information content (AvgIpc) is 2.86. The third kappa shape index (κ3) is 3.80. The van der Waals surface area contributed by atoms with Gasteiger partial charge in [-0.2, -0.15) is 0 Å². The van der Waals surface area contributed by atoms with E-state index in [1.807, 2.05) is 13.0 Å². The largest absolute Gasteiger partial charge is 0.481 e. The molecule has 0 spiro atoms. The zero-order valence-electron chi connectivity index (χ0n) is 11.4. The third-order valence-electron chi connectivity index (χ3n) is 3.60. The molecule has 1 aliphatic heterocycles. The maximum atomic E-state index is 11.9. The SMILES string of the molecule is Cc1ccc(C(=O)NCC(C(=O)O)C2CCOCC2)s1. The Morgan fingerprint density at radius 1 is 1.45 bits per heavy atom. The van der Waals surface area contributed by atoms with Crippen molar-refractivity contribution in [3.63, 3.8) is 0 Å². The number of aliphatic carboxylic acids is 1. The quantitative estimate of drug-likeness (QED) is 0.870. The van der Waals surface area contributed by atoms with E-state index in [4.69, 9.17) is 4.74 Å². The Balaban J connectivity index is 1.91. The van der Waals surface area contributed by atoms with E-state index in [9.17, 15) is 14.7 Å². The smallest absolute Gasteiger partial charge is 0.308 e. The number of hydrogen-bond donors (Lipinski definition) is 2. The number of carboxylic acids is 1. The molecule has 0 radical (unpaired) electrons. The Bertz CT molecular complexity index is 479. The number of ether oxygens (including phenoxy) is 1. The van der Waals surface area contributed by atoms with Crippen molar-refractivity contribution in [3.05, 3.63) is 21.9 Å². The number of thiophene rings is 1. The lowest BCUT2D eigenvalue weighted by Gasteiger charge is -2.27. The van der Waals surface area contributed by atoms with Crippen LogP contribution in [0.25, 0.3) is 0 Å². The van der Waals surface area contributed by atoms with Crippen molar-refractivity contribution in [3.8, 4) is 0 Å². The number of carbonyl (C=O) groups excluding carboxylic acids is 1. The van der Waals surface area contributed by atoms with Gasteiger partial charge in [0.05, 0.1) is 10.8 Å². The zero-order chi connectivity index (χ0) is 14.5. The molecule has 1 aliphatic rings. The van der Waals surface area contributed by atoms with Crippen LogP contribution in [0.1, 0.15) is 27.4 Å². The molecule has 0 aromatic carbocycles. The summed E-state index contributed by atoms with van der Waals surface area (Å²) in [6.45, 7) is 3.32. The van der Waals surface area contributed by atoms with Gasteiger partial charge in [-0.05, 0) is 37.8 Å². The van der Waals surface area contributed by atoms with Crippen molar-refractivity contribution in [2.75, 3.05) is 19.8 Å². The van der Waals surface area contributed by atoms with E-state index in [1.54, 1.807) is 6.07 Å². The van der Waals surface area contributed by atoms with Crippen molar-refractivity contribution in [2.45, 2.75) is 19.8 Å². The maximum absolute atomic E-state index is 11.9. The van der Waals surface area contributed by atoms with Crippen molar-refractivity contribution in [1.82, 2.24) is 5.32 Å². The van der Waals surface area contributed by atoms with Crippen LogP contribution in [-0.4, -0.2) is 36.7 Å². The molecule has 1 atom stereocenters. The highest BCUT2D eigenvalue weighted by Gasteiger charge is 2.30. The Labute approximate surface area is 121 Å². The van der Waals surface area contributed by atoms with Crippen LogP contribution < -0.4 is 5.32 Å². The number of carbonyl (C=O) groups is 2. The summed E-state index contributed by atoms with van der Waals surface area (Å²) in [5.74, 6) is -1.50. The van der Waals surface area contributed by atoms with Gasteiger partial charge in [0, 0.05) is 24.6 Å². The molecule has 1 fully saturated rings.